The highest BCUT2D eigenvalue weighted by atomic mass is 16.2. The topological polar surface area (TPSA) is 92.3 Å². The van der Waals surface area contributed by atoms with E-state index in [9.17, 15) is 19.2 Å². The van der Waals surface area contributed by atoms with Crippen LogP contribution in [0, 0.1) is 11.8 Å². The minimum Gasteiger partial charge on any atom is -0.388 e. The lowest BCUT2D eigenvalue weighted by atomic mass is 9.83. The molecule has 0 aromatic heterocycles. The summed E-state index contributed by atoms with van der Waals surface area (Å²) in [5.74, 6) is -1.44. The van der Waals surface area contributed by atoms with Crippen molar-refractivity contribution in [3.63, 3.8) is 0 Å². The fraction of sp³-hybridized carbons (Fsp3) is 0.444. The van der Waals surface area contributed by atoms with Gasteiger partial charge in [-0.3, -0.25) is 24.5 Å². The molecular weight excluding hydrogens is 308 g/mol. The highest BCUT2D eigenvalue weighted by molar-refractivity contribution is 6.14. The third kappa shape index (κ3) is 2.96. The average molecular weight is 328 g/mol. The van der Waals surface area contributed by atoms with Crippen molar-refractivity contribution >= 4 is 29.1 Å². The number of imide groups is 1. The summed E-state index contributed by atoms with van der Waals surface area (Å²) in [4.78, 5) is 48.6. The zero-order valence-corrected chi connectivity index (χ0v) is 13.6. The van der Waals surface area contributed by atoms with Gasteiger partial charge in [-0.15, -0.1) is 0 Å². The number of carbonyl (C=O) groups is 4. The number of rotatable bonds is 3. The molecule has 2 N–H and O–H groups in total. The van der Waals surface area contributed by atoms with E-state index in [2.05, 4.69) is 10.6 Å². The van der Waals surface area contributed by atoms with E-state index in [1.807, 2.05) is 0 Å². The number of hydrogen-bond donors (Lipinski definition) is 2. The first-order valence-electron chi connectivity index (χ1n) is 8.23. The number of carbonyl (C=O) groups excluding carboxylic acids is 4. The number of hydrogen-bond acceptors (Lipinski definition) is 5. The van der Waals surface area contributed by atoms with Gasteiger partial charge in [0, 0.05) is 43.0 Å². The third-order valence-corrected chi connectivity index (χ3v) is 4.89. The average Bonchev–Trinajstić information content (AvgIpc) is 2.69. The van der Waals surface area contributed by atoms with Gasteiger partial charge in [-0.25, -0.2) is 0 Å². The van der Waals surface area contributed by atoms with Crippen molar-refractivity contribution in [3.8, 4) is 0 Å². The zero-order chi connectivity index (χ0) is 17.3. The summed E-state index contributed by atoms with van der Waals surface area (Å²) < 4.78 is 0. The van der Waals surface area contributed by atoms with E-state index in [0.717, 1.165) is 0 Å². The fourth-order valence-electron chi connectivity index (χ4n) is 3.57. The molecule has 0 bridgehead atoms. The van der Waals surface area contributed by atoms with Gasteiger partial charge < -0.3 is 5.32 Å². The molecular formula is C18H20N2O4. The summed E-state index contributed by atoms with van der Waals surface area (Å²) in [6.45, 7) is 0. The quantitative estimate of drug-likeness (QED) is 0.653. The smallest absolute Gasteiger partial charge is 0.229 e. The first kappa shape index (κ1) is 16.4. The van der Waals surface area contributed by atoms with Crippen LogP contribution in [0.3, 0.4) is 0 Å². The van der Waals surface area contributed by atoms with E-state index in [-0.39, 0.29) is 35.2 Å². The predicted molar refractivity (Wildman–Crippen MR) is 87.9 cm³/mol. The monoisotopic (exact) mass is 328 g/mol. The Balaban J connectivity index is 1.88. The molecule has 0 saturated carbocycles. The van der Waals surface area contributed by atoms with E-state index in [4.69, 9.17) is 0 Å². The number of piperidine rings is 1. The largest absolute Gasteiger partial charge is 0.388 e. The summed E-state index contributed by atoms with van der Waals surface area (Å²) in [5.41, 5.74) is 1.53. The molecule has 2 aliphatic rings. The van der Waals surface area contributed by atoms with Crippen LogP contribution in [0.2, 0.25) is 0 Å². The van der Waals surface area contributed by atoms with Gasteiger partial charge in [-0.1, -0.05) is 12.1 Å². The molecule has 1 heterocycles. The number of nitrogens with one attached hydrogen (secondary N) is 2. The van der Waals surface area contributed by atoms with Crippen molar-refractivity contribution in [2.45, 2.75) is 32.1 Å². The minimum atomic E-state index is -0.381. The lowest BCUT2D eigenvalue weighted by Gasteiger charge is -2.24. The zero-order valence-electron chi connectivity index (χ0n) is 13.6. The van der Waals surface area contributed by atoms with Gasteiger partial charge in [0.25, 0.3) is 0 Å². The Kier molecular flexibility index (Phi) is 4.46. The lowest BCUT2D eigenvalue weighted by molar-refractivity contribution is -0.136. The maximum atomic E-state index is 13.0. The maximum Gasteiger partial charge on any atom is 0.229 e. The molecule has 1 aromatic rings. The van der Waals surface area contributed by atoms with Gasteiger partial charge in [-0.05, 0) is 25.3 Å². The van der Waals surface area contributed by atoms with Crippen LogP contribution in [0.5, 0.6) is 0 Å². The van der Waals surface area contributed by atoms with E-state index in [1.165, 1.54) is 0 Å². The number of fused-ring (bicyclic) bond motifs is 1. The predicted octanol–water partition coefficient (Wildman–Crippen LogP) is 1.95. The Labute approximate surface area is 140 Å². The normalized spacial score (nSPS) is 24.2. The molecule has 1 fully saturated rings. The number of Topliss-reactive ketones (excluding diaryl/α,β-unsaturated/α-hetero) is 2. The van der Waals surface area contributed by atoms with Crippen molar-refractivity contribution in [2.75, 3.05) is 12.4 Å². The van der Waals surface area contributed by atoms with Crippen molar-refractivity contribution in [1.29, 1.82) is 0 Å². The highest BCUT2D eigenvalue weighted by Crippen LogP contribution is 2.34. The molecule has 2 atom stereocenters. The molecule has 0 spiro atoms. The molecule has 1 aliphatic heterocycles. The Morgan fingerprint density at radius 1 is 1.08 bits per heavy atom. The second kappa shape index (κ2) is 6.55. The number of anilines is 1. The van der Waals surface area contributed by atoms with Gasteiger partial charge in [-0.2, -0.15) is 0 Å². The van der Waals surface area contributed by atoms with Crippen molar-refractivity contribution in [2.24, 2.45) is 11.8 Å². The molecule has 3 rings (SSSR count). The maximum absolute atomic E-state index is 13.0. The second-order valence-electron chi connectivity index (χ2n) is 6.38. The minimum absolute atomic E-state index is 0.0405. The summed E-state index contributed by atoms with van der Waals surface area (Å²) >= 11 is 0. The molecule has 2 unspecified atom stereocenters. The molecule has 0 radical (unpaired) electrons. The molecule has 126 valence electrons. The Bertz CT molecular complexity index is 726. The van der Waals surface area contributed by atoms with Crippen molar-refractivity contribution < 1.29 is 19.2 Å². The summed E-state index contributed by atoms with van der Waals surface area (Å²) in [5, 5.41) is 5.31. The van der Waals surface area contributed by atoms with Gasteiger partial charge in [0.05, 0.1) is 5.56 Å². The van der Waals surface area contributed by atoms with E-state index in [1.54, 1.807) is 25.2 Å². The number of benzene rings is 1. The van der Waals surface area contributed by atoms with Crippen molar-refractivity contribution in [1.82, 2.24) is 5.32 Å². The number of ketones is 2. The van der Waals surface area contributed by atoms with Gasteiger partial charge >= 0.3 is 0 Å². The van der Waals surface area contributed by atoms with E-state index in [0.29, 0.717) is 48.9 Å². The van der Waals surface area contributed by atoms with Gasteiger partial charge in [0.1, 0.15) is 0 Å². The number of amides is 2. The molecule has 1 aromatic carbocycles. The standard InChI is InChI=1S/C18H20N2O4/c1-19-13-4-2-3-12-14(21)7-5-10(17(23)16(12)13)9-11-6-8-15(22)20-18(11)24/h2-4,10-11,19H,5-9H2,1H3,(H,20,22,24). The van der Waals surface area contributed by atoms with E-state index >= 15 is 0 Å². The molecule has 6 heteroatoms. The lowest BCUT2D eigenvalue weighted by Crippen LogP contribution is -2.41. The summed E-state index contributed by atoms with van der Waals surface area (Å²) in [7, 11) is 1.72. The first-order chi connectivity index (χ1) is 11.5. The van der Waals surface area contributed by atoms with Crippen LogP contribution in [0.15, 0.2) is 18.2 Å². The molecule has 6 nitrogen and oxygen atoms in total. The Morgan fingerprint density at radius 3 is 2.54 bits per heavy atom. The van der Waals surface area contributed by atoms with Crippen LogP contribution >= 0.6 is 0 Å². The van der Waals surface area contributed by atoms with Crippen LogP contribution in [0.4, 0.5) is 5.69 Å². The highest BCUT2D eigenvalue weighted by Gasteiger charge is 2.35. The van der Waals surface area contributed by atoms with Gasteiger partial charge in [0.15, 0.2) is 11.6 Å². The van der Waals surface area contributed by atoms with Crippen LogP contribution in [-0.2, 0) is 9.59 Å². The Hall–Kier alpha value is -2.50. The Morgan fingerprint density at radius 2 is 1.83 bits per heavy atom. The SMILES string of the molecule is CNc1cccc2c1C(=O)C(CC1CCC(=O)NC1=O)CCC2=O. The van der Waals surface area contributed by atoms with Crippen LogP contribution in [0.1, 0.15) is 52.8 Å². The third-order valence-electron chi connectivity index (χ3n) is 4.89. The molecule has 2 amide bonds. The van der Waals surface area contributed by atoms with Crippen LogP contribution in [0.25, 0.3) is 0 Å². The second-order valence-corrected chi connectivity index (χ2v) is 6.38. The van der Waals surface area contributed by atoms with Crippen molar-refractivity contribution in [3.05, 3.63) is 29.3 Å². The summed E-state index contributed by atoms with van der Waals surface area (Å²) in [6, 6.07) is 5.22. The molecule has 1 aliphatic carbocycles. The van der Waals surface area contributed by atoms with Crippen LogP contribution < -0.4 is 10.6 Å². The van der Waals surface area contributed by atoms with Crippen LogP contribution in [-0.4, -0.2) is 30.4 Å². The molecule has 24 heavy (non-hydrogen) atoms. The fourth-order valence-corrected chi connectivity index (χ4v) is 3.57. The van der Waals surface area contributed by atoms with Gasteiger partial charge in [0.2, 0.25) is 11.8 Å². The van der Waals surface area contributed by atoms with E-state index < -0.39 is 0 Å². The first-order valence-corrected chi connectivity index (χ1v) is 8.23. The molecule has 1 saturated heterocycles. The summed E-state index contributed by atoms with van der Waals surface area (Å²) in [6.07, 6.45) is 1.87.